The minimum absolute atomic E-state index is 0.116. The summed E-state index contributed by atoms with van der Waals surface area (Å²) in [4.78, 5) is 18.5. The highest BCUT2D eigenvalue weighted by Gasteiger charge is 2.16. The molecule has 156 valence electrons. The molecule has 1 N–H and O–H groups in total. The molecule has 5 nitrogen and oxygen atoms in total. The molecule has 1 aromatic heterocycles. The van der Waals surface area contributed by atoms with E-state index in [1.54, 1.807) is 6.08 Å². The molecule has 0 spiro atoms. The standard InChI is InChI=1S/C15H22FNO.C4H4N2O.C3H8/c1-17-10-5-6-13(9-11-17)12-18-15-8-4-2-3-7-14(15)16;7-4-1-2-5-3-6-4;1-3-2/h2-4,8,13H,5-7,9-12H2,1H3;1-3H,(H,5,6,7);3H2,1-2H3. The molecule has 1 saturated heterocycles. The van der Waals surface area contributed by atoms with Crippen molar-refractivity contribution in [3.8, 4) is 0 Å². The van der Waals surface area contributed by atoms with Crippen LogP contribution in [0.15, 0.2) is 59.3 Å². The molecule has 1 aliphatic heterocycles. The first kappa shape index (κ1) is 23.8. The van der Waals surface area contributed by atoms with E-state index in [1.165, 1.54) is 37.9 Å². The fourth-order valence-electron chi connectivity index (χ4n) is 2.70. The van der Waals surface area contributed by atoms with Crippen molar-refractivity contribution in [3.63, 3.8) is 0 Å². The monoisotopic (exact) mass is 391 g/mol. The van der Waals surface area contributed by atoms with Crippen molar-refractivity contribution < 1.29 is 9.13 Å². The number of ether oxygens (including phenoxy) is 1. The van der Waals surface area contributed by atoms with Gasteiger partial charge in [-0.05, 0) is 51.4 Å². The highest BCUT2D eigenvalue weighted by atomic mass is 19.1. The molecule has 3 rings (SSSR count). The molecule has 0 radical (unpaired) electrons. The summed E-state index contributed by atoms with van der Waals surface area (Å²) in [6, 6.07) is 1.36. The number of nitrogens with zero attached hydrogens (tertiary/aromatic N) is 2. The summed E-state index contributed by atoms with van der Waals surface area (Å²) in [6.07, 6.45) is 15.2. The number of H-pyrrole nitrogens is 1. The number of hydrogen-bond acceptors (Lipinski definition) is 4. The van der Waals surface area contributed by atoms with Crippen molar-refractivity contribution in [2.45, 2.75) is 46.0 Å². The minimum atomic E-state index is -0.161. The van der Waals surface area contributed by atoms with E-state index in [2.05, 4.69) is 35.8 Å². The van der Waals surface area contributed by atoms with Crippen LogP contribution in [-0.4, -0.2) is 41.6 Å². The number of halogens is 1. The van der Waals surface area contributed by atoms with Gasteiger partial charge in [0.25, 0.3) is 5.56 Å². The third-order valence-corrected chi connectivity index (χ3v) is 4.20. The maximum Gasteiger partial charge on any atom is 0.250 e. The van der Waals surface area contributed by atoms with Crippen LogP contribution in [0.1, 0.15) is 46.0 Å². The van der Waals surface area contributed by atoms with Crippen LogP contribution >= 0.6 is 0 Å². The number of hydrogen-bond donors (Lipinski definition) is 1. The Balaban J connectivity index is 0.000000324. The van der Waals surface area contributed by atoms with Gasteiger partial charge >= 0.3 is 0 Å². The molecule has 2 aliphatic rings. The van der Waals surface area contributed by atoms with E-state index in [9.17, 15) is 9.18 Å². The summed E-state index contributed by atoms with van der Waals surface area (Å²) in [6.45, 7) is 7.17. The van der Waals surface area contributed by atoms with Gasteiger partial charge in [-0.3, -0.25) is 4.79 Å². The Hall–Kier alpha value is -2.21. The Morgan fingerprint density at radius 1 is 1.29 bits per heavy atom. The maximum atomic E-state index is 13.6. The van der Waals surface area contributed by atoms with E-state index in [0.717, 1.165) is 19.5 Å². The molecule has 0 amide bonds. The lowest BCUT2D eigenvalue weighted by molar-refractivity contribution is 0.157. The maximum absolute atomic E-state index is 13.6. The Morgan fingerprint density at radius 3 is 2.71 bits per heavy atom. The number of nitrogens with one attached hydrogen (secondary N) is 1. The highest BCUT2D eigenvalue weighted by Crippen LogP contribution is 2.21. The second-order valence-electron chi connectivity index (χ2n) is 6.98. The van der Waals surface area contributed by atoms with Gasteiger partial charge in [-0.1, -0.05) is 38.5 Å². The zero-order valence-electron chi connectivity index (χ0n) is 17.4. The molecule has 1 aliphatic carbocycles. The smallest absolute Gasteiger partial charge is 0.250 e. The first-order valence-corrected chi connectivity index (χ1v) is 10.1. The summed E-state index contributed by atoms with van der Waals surface area (Å²) in [5.41, 5.74) is -0.116. The normalized spacial score (nSPS) is 19.5. The molecule has 1 aromatic rings. The molecule has 28 heavy (non-hydrogen) atoms. The predicted octanol–water partition coefficient (Wildman–Crippen LogP) is 4.62. The van der Waals surface area contributed by atoms with Crippen molar-refractivity contribution in [2.75, 3.05) is 26.7 Å². The number of aromatic nitrogens is 2. The summed E-state index contributed by atoms with van der Waals surface area (Å²) < 4.78 is 19.3. The highest BCUT2D eigenvalue weighted by molar-refractivity contribution is 5.25. The number of allylic oxidation sites excluding steroid dienone is 5. The lowest BCUT2D eigenvalue weighted by atomic mass is 10.0. The van der Waals surface area contributed by atoms with Gasteiger partial charge < -0.3 is 14.6 Å². The number of aromatic amines is 1. The zero-order valence-corrected chi connectivity index (χ0v) is 17.4. The largest absolute Gasteiger partial charge is 0.491 e. The molecule has 1 atom stereocenters. The summed E-state index contributed by atoms with van der Waals surface area (Å²) in [7, 11) is 2.16. The molecule has 2 heterocycles. The molecular formula is C22H34FN3O2. The topological polar surface area (TPSA) is 58.2 Å². The second kappa shape index (κ2) is 14.8. The quantitative estimate of drug-likeness (QED) is 0.817. The molecule has 0 bridgehead atoms. The van der Waals surface area contributed by atoms with Gasteiger partial charge in [-0.2, -0.15) is 0 Å². The fourth-order valence-corrected chi connectivity index (χ4v) is 2.70. The van der Waals surface area contributed by atoms with E-state index >= 15 is 0 Å². The Labute approximate surface area is 168 Å². The van der Waals surface area contributed by atoms with Gasteiger partial charge in [0, 0.05) is 18.7 Å². The van der Waals surface area contributed by atoms with E-state index < -0.39 is 0 Å². The van der Waals surface area contributed by atoms with Gasteiger partial charge in [0.15, 0.2) is 5.76 Å². The summed E-state index contributed by atoms with van der Waals surface area (Å²) in [5, 5.41) is 0. The Morgan fingerprint density at radius 2 is 2.07 bits per heavy atom. The van der Waals surface area contributed by atoms with Crippen molar-refractivity contribution in [2.24, 2.45) is 5.92 Å². The molecule has 1 unspecified atom stereocenters. The van der Waals surface area contributed by atoms with Crippen LogP contribution in [0.3, 0.4) is 0 Å². The third kappa shape index (κ3) is 10.8. The van der Waals surface area contributed by atoms with Crippen molar-refractivity contribution >= 4 is 0 Å². The first-order chi connectivity index (χ1) is 13.6. The number of likely N-dealkylation sites (tertiary alicyclic amines) is 1. The predicted molar refractivity (Wildman–Crippen MR) is 113 cm³/mol. The van der Waals surface area contributed by atoms with Gasteiger partial charge in [0.2, 0.25) is 0 Å². The SMILES string of the molecule is CCC.CN1CCCC(COC2=C(F)CC=CC=C2)CC1.O=c1ccnc[nH]1. The first-order valence-electron chi connectivity index (χ1n) is 10.1. The minimum Gasteiger partial charge on any atom is -0.491 e. The van der Waals surface area contributed by atoms with E-state index in [-0.39, 0.29) is 11.4 Å². The Kier molecular flexibility index (Phi) is 12.6. The van der Waals surface area contributed by atoms with Crippen molar-refractivity contribution in [3.05, 3.63) is 64.8 Å². The molecule has 1 fully saturated rings. The lowest BCUT2D eigenvalue weighted by Crippen LogP contribution is -2.19. The average Bonchev–Trinajstić information content (AvgIpc) is 3.02. The van der Waals surface area contributed by atoms with Crippen molar-refractivity contribution in [1.82, 2.24) is 14.9 Å². The van der Waals surface area contributed by atoms with Gasteiger partial charge in [0.05, 0.1) is 12.9 Å². The summed E-state index contributed by atoms with van der Waals surface area (Å²) >= 11 is 0. The van der Waals surface area contributed by atoms with E-state index in [1.807, 2.05) is 18.2 Å². The molecule has 6 heteroatoms. The molecule has 0 saturated carbocycles. The van der Waals surface area contributed by atoms with Crippen LogP contribution in [0, 0.1) is 5.92 Å². The fraction of sp³-hybridized carbons (Fsp3) is 0.545. The van der Waals surface area contributed by atoms with Gasteiger partial charge in [0.1, 0.15) is 5.83 Å². The van der Waals surface area contributed by atoms with E-state index in [0.29, 0.717) is 24.7 Å². The summed E-state index contributed by atoms with van der Waals surface area (Å²) in [5.74, 6) is 0.809. The lowest BCUT2D eigenvalue weighted by Gasteiger charge is -2.16. The average molecular weight is 392 g/mol. The van der Waals surface area contributed by atoms with Crippen LogP contribution in [0.5, 0.6) is 0 Å². The van der Waals surface area contributed by atoms with E-state index in [4.69, 9.17) is 4.74 Å². The van der Waals surface area contributed by atoms with Gasteiger partial charge in [-0.15, -0.1) is 0 Å². The van der Waals surface area contributed by atoms with Crippen LogP contribution in [0.2, 0.25) is 0 Å². The van der Waals surface area contributed by atoms with Crippen LogP contribution < -0.4 is 5.56 Å². The van der Waals surface area contributed by atoms with Gasteiger partial charge in [-0.25, -0.2) is 9.37 Å². The second-order valence-corrected chi connectivity index (χ2v) is 6.98. The Bertz CT molecular complexity index is 665. The number of rotatable bonds is 3. The van der Waals surface area contributed by atoms with Crippen LogP contribution in [0.4, 0.5) is 4.39 Å². The zero-order chi connectivity index (χ0) is 20.6. The molecule has 0 aromatic carbocycles. The molecular weight excluding hydrogens is 357 g/mol. The van der Waals surface area contributed by atoms with Crippen LogP contribution in [-0.2, 0) is 4.74 Å². The van der Waals surface area contributed by atoms with Crippen LogP contribution in [0.25, 0.3) is 0 Å². The van der Waals surface area contributed by atoms with Crippen molar-refractivity contribution in [1.29, 1.82) is 0 Å². The third-order valence-electron chi connectivity index (χ3n) is 4.20.